The lowest BCUT2D eigenvalue weighted by molar-refractivity contribution is 0.164. The van der Waals surface area contributed by atoms with Crippen LogP contribution in [0.3, 0.4) is 0 Å². The molecular formula is C19H23Cl2N3O. The summed E-state index contributed by atoms with van der Waals surface area (Å²) in [6.45, 7) is 5.59. The van der Waals surface area contributed by atoms with Crippen molar-refractivity contribution >= 4 is 29.2 Å². The maximum Gasteiger partial charge on any atom is 0.318 e. The van der Waals surface area contributed by atoms with Gasteiger partial charge in [0.15, 0.2) is 0 Å². The first-order chi connectivity index (χ1) is 12.0. The van der Waals surface area contributed by atoms with Gasteiger partial charge in [-0.1, -0.05) is 43.1 Å². The molecule has 0 aliphatic carbocycles. The number of hydrogen-bond donors (Lipinski definition) is 1. The maximum absolute atomic E-state index is 13.0. The van der Waals surface area contributed by atoms with Crippen LogP contribution in [-0.4, -0.2) is 28.1 Å². The Morgan fingerprint density at radius 3 is 2.68 bits per heavy atom. The zero-order valence-corrected chi connectivity index (χ0v) is 16.0. The van der Waals surface area contributed by atoms with Gasteiger partial charge in [-0.15, -0.1) is 0 Å². The number of halogens is 2. The minimum absolute atomic E-state index is 0.0443. The zero-order valence-electron chi connectivity index (χ0n) is 14.5. The molecule has 2 heterocycles. The molecule has 0 unspecified atom stereocenters. The fourth-order valence-corrected chi connectivity index (χ4v) is 3.91. The Morgan fingerprint density at radius 1 is 1.24 bits per heavy atom. The van der Waals surface area contributed by atoms with Crippen LogP contribution in [0, 0.1) is 0 Å². The first-order valence-electron chi connectivity index (χ1n) is 8.72. The Kier molecular flexibility index (Phi) is 5.60. The SMILES string of the molecule is CCC(CC)NC(=O)N1CCn2cccc2[C@@H]1c1ccc(Cl)cc1Cl. The molecule has 0 spiro atoms. The van der Waals surface area contributed by atoms with E-state index in [4.69, 9.17) is 23.2 Å². The number of rotatable bonds is 4. The predicted octanol–water partition coefficient (Wildman–Crippen LogP) is 5.10. The summed E-state index contributed by atoms with van der Waals surface area (Å²) in [4.78, 5) is 14.8. The Hall–Kier alpha value is -1.65. The first kappa shape index (κ1) is 18.2. The number of hydrogen-bond acceptors (Lipinski definition) is 1. The molecular weight excluding hydrogens is 357 g/mol. The summed E-state index contributed by atoms with van der Waals surface area (Å²) in [7, 11) is 0. The lowest BCUT2D eigenvalue weighted by atomic mass is 10.00. The fraction of sp³-hybridized carbons (Fsp3) is 0.421. The quantitative estimate of drug-likeness (QED) is 0.788. The molecule has 0 radical (unpaired) electrons. The normalized spacial score (nSPS) is 16.8. The number of nitrogens with one attached hydrogen (secondary N) is 1. The van der Waals surface area contributed by atoms with Crippen molar-refractivity contribution in [1.82, 2.24) is 14.8 Å². The molecule has 1 atom stereocenters. The summed E-state index contributed by atoms with van der Waals surface area (Å²) >= 11 is 12.5. The van der Waals surface area contributed by atoms with Crippen LogP contribution in [0.15, 0.2) is 36.5 Å². The van der Waals surface area contributed by atoms with Gasteiger partial charge in [0, 0.05) is 41.1 Å². The predicted molar refractivity (Wildman–Crippen MR) is 102 cm³/mol. The summed E-state index contributed by atoms with van der Waals surface area (Å²) in [6, 6.07) is 9.44. The molecule has 25 heavy (non-hydrogen) atoms. The third kappa shape index (κ3) is 3.65. The maximum atomic E-state index is 13.0. The van der Waals surface area contributed by atoms with Crippen molar-refractivity contribution in [3.63, 3.8) is 0 Å². The average Bonchev–Trinajstić information content (AvgIpc) is 3.07. The molecule has 0 saturated carbocycles. The molecule has 1 aromatic carbocycles. The van der Waals surface area contributed by atoms with E-state index in [-0.39, 0.29) is 18.1 Å². The van der Waals surface area contributed by atoms with Gasteiger partial charge in [0.05, 0.1) is 0 Å². The minimum atomic E-state index is -0.220. The van der Waals surface area contributed by atoms with Gasteiger partial charge in [0.2, 0.25) is 0 Å². The van der Waals surface area contributed by atoms with Crippen LogP contribution in [0.25, 0.3) is 0 Å². The summed E-state index contributed by atoms with van der Waals surface area (Å²) in [5.74, 6) is 0. The van der Waals surface area contributed by atoms with Crippen LogP contribution in [-0.2, 0) is 6.54 Å². The van der Waals surface area contributed by atoms with E-state index in [0.29, 0.717) is 16.6 Å². The second kappa shape index (κ2) is 7.71. The van der Waals surface area contributed by atoms with E-state index in [1.54, 1.807) is 6.07 Å². The van der Waals surface area contributed by atoms with Gasteiger partial charge in [-0.05, 0) is 42.7 Å². The van der Waals surface area contributed by atoms with Gasteiger partial charge in [0.25, 0.3) is 0 Å². The lowest BCUT2D eigenvalue weighted by Gasteiger charge is -2.38. The molecule has 1 aliphatic rings. The van der Waals surface area contributed by atoms with Gasteiger partial charge >= 0.3 is 6.03 Å². The van der Waals surface area contributed by atoms with Crippen molar-refractivity contribution in [2.75, 3.05) is 6.54 Å². The van der Waals surface area contributed by atoms with Gasteiger partial charge in [-0.25, -0.2) is 4.79 Å². The van der Waals surface area contributed by atoms with Crippen molar-refractivity contribution in [2.24, 2.45) is 0 Å². The van der Waals surface area contributed by atoms with Crippen molar-refractivity contribution in [1.29, 1.82) is 0 Å². The van der Waals surface area contributed by atoms with Gasteiger partial charge in [-0.3, -0.25) is 0 Å². The second-order valence-corrected chi connectivity index (χ2v) is 7.19. The van der Waals surface area contributed by atoms with Gasteiger partial charge in [-0.2, -0.15) is 0 Å². The second-order valence-electron chi connectivity index (χ2n) is 6.35. The summed E-state index contributed by atoms with van der Waals surface area (Å²) < 4.78 is 2.18. The van der Waals surface area contributed by atoms with E-state index < -0.39 is 0 Å². The van der Waals surface area contributed by atoms with Crippen molar-refractivity contribution in [2.45, 2.75) is 45.3 Å². The van der Waals surface area contributed by atoms with E-state index in [1.807, 2.05) is 35.4 Å². The first-order valence-corrected chi connectivity index (χ1v) is 9.47. The van der Waals surface area contributed by atoms with Crippen molar-refractivity contribution in [3.05, 3.63) is 57.8 Å². The van der Waals surface area contributed by atoms with Crippen LogP contribution in [0.4, 0.5) is 4.79 Å². The topological polar surface area (TPSA) is 37.3 Å². The van der Waals surface area contributed by atoms with E-state index in [2.05, 4.69) is 23.7 Å². The molecule has 1 N–H and O–H groups in total. The molecule has 6 heteroatoms. The number of urea groups is 1. The number of benzene rings is 1. The summed E-state index contributed by atoms with van der Waals surface area (Å²) in [6.07, 6.45) is 3.87. The molecule has 1 aliphatic heterocycles. The smallest absolute Gasteiger partial charge is 0.318 e. The highest BCUT2D eigenvalue weighted by Gasteiger charge is 2.33. The van der Waals surface area contributed by atoms with Crippen LogP contribution in [0.1, 0.15) is 44.0 Å². The van der Waals surface area contributed by atoms with Crippen LogP contribution in [0.5, 0.6) is 0 Å². The zero-order chi connectivity index (χ0) is 18.0. The molecule has 2 amide bonds. The molecule has 4 nitrogen and oxygen atoms in total. The molecule has 2 aromatic rings. The standard InChI is InChI=1S/C19H23Cl2N3O/c1-3-14(4-2)22-19(25)24-11-10-23-9-5-6-17(23)18(24)15-8-7-13(20)12-16(15)21/h5-9,12,14,18H,3-4,10-11H2,1-2H3,(H,22,25)/t18-/m0/s1. The number of carbonyl (C=O) groups excluding carboxylic acids is 1. The molecule has 1 aromatic heterocycles. The Bertz CT molecular complexity index is 755. The van der Waals surface area contributed by atoms with Crippen LogP contribution < -0.4 is 5.32 Å². The van der Waals surface area contributed by atoms with Crippen molar-refractivity contribution in [3.8, 4) is 0 Å². The van der Waals surface area contributed by atoms with Crippen LogP contribution >= 0.6 is 23.2 Å². The molecule has 3 rings (SSSR count). The number of carbonyl (C=O) groups is 1. The van der Waals surface area contributed by atoms with Gasteiger partial charge in [0.1, 0.15) is 6.04 Å². The fourth-order valence-electron chi connectivity index (χ4n) is 3.40. The third-order valence-electron chi connectivity index (χ3n) is 4.87. The van der Waals surface area contributed by atoms with Crippen LogP contribution in [0.2, 0.25) is 10.0 Å². The monoisotopic (exact) mass is 379 g/mol. The van der Waals surface area contributed by atoms with E-state index >= 15 is 0 Å². The highest BCUT2D eigenvalue weighted by molar-refractivity contribution is 6.35. The Morgan fingerprint density at radius 2 is 2.00 bits per heavy atom. The summed E-state index contributed by atoms with van der Waals surface area (Å²) in [5, 5.41) is 4.32. The molecule has 134 valence electrons. The molecule has 0 bridgehead atoms. The van der Waals surface area contributed by atoms with E-state index in [0.717, 1.165) is 30.6 Å². The lowest BCUT2D eigenvalue weighted by Crippen LogP contribution is -2.49. The highest BCUT2D eigenvalue weighted by atomic mass is 35.5. The Balaban J connectivity index is 1.98. The largest absolute Gasteiger partial charge is 0.348 e. The number of nitrogens with zero attached hydrogens (tertiary/aromatic N) is 2. The highest BCUT2D eigenvalue weighted by Crippen LogP contribution is 2.37. The number of amides is 2. The molecule has 0 saturated heterocycles. The number of fused-ring (bicyclic) bond motifs is 1. The molecule has 0 fully saturated rings. The minimum Gasteiger partial charge on any atom is -0.348 e. The van der Waals surface area contributed by atoms with E-state index in [1.165, 1.54) is 0 Å². The van der Waals surface area contributed by atoms with Crippen molar-refractivity contribution < 1.29 is 4.79 Å². The van der Waals surface area contributed by atoms with Gasteiger partial charge < -0.3 is 14.8 Å². The summed E-state index contributed by atoms with van der Waals surface area (Å²) in [5.41, 5.74) is 1.96. The number of aromatic nitrogens is 1. The third-order valence-corrected chi connectivity index (χ3v) is 5.43. The Labute approximate surface area is 158 Å². The van der Waals surface area contributed by atoms with E-state index in [9.17, 15) is 4.79 Å². The average molecular weight is 380 g/mol.